The van der Waals surface area contributed by atoms with E-state index < -0.39 is 6.36 Å². The third kappa shape index (κ3) is 8.58. The van der Waals surface area contributed by atoms with E-state index in [9.17, 15) is 18.0 Å². The van der Waals surface area contributed by atoms with Gasteiger partial charge in [-0.25, -0.2) is 14.9 Å². The smallest absolute Gasteiger partial charge is 0.492 e. The number of aliphatic imine (C=N–C) groups is 2. The minimum Gasteiger partial charge on any atom is -0.492 e. The third-order valence-electron chi connectivity index (χ3n) is 5.58. The van der Waals surface area contributed by atoms with Crippen LogP contribution in [0.2, 0.25) is 0 Å². The molecule has 1 heterocycles. The average Bonchev–Trinajstić information content (AvgIpc) is 3.33. The number of amides is 1. The summed E-state index contributed by atoms with van der Waals surface area (Å²) in [6.45, 7) is 4.55. The van der Waals surface area contributed by atoms with Gasteiger partial charge >= 0.3 is 6.36 Å². The standard InChI is InChI=1S/C29H27F3N6O4S/c1-3-40-23-6-5-7-24(41-4-2)26(23)38-25(39)17-43-28(38)37-36-16-19-8-10-20(11-9-19)27(33)35-18-34-21-12-14-22(15-13-21)42-29(30,31)32/h5-16,18H,3-4,17H2,1-2H3,(H2,33,34,35)/b36-16+,37-28-. The van der Waals surface area contributed by atoms with Gasteiger partial charge in [-0.15, -0.1) is 18.3 Å². The van der Waals surface area contributed by atoms with E-state index in [1.807, 2.05) is 13.8 Å². The number of benzene rings is 3. The lowest BCUT2D eigenvalue weighted by Crippen LogP contribution is -2.30. The molecule has 0 aromatic heterocycles. The van der Waals surface area contributed by atoms with Crippen molar-refractivity contribution in [2.45, 2.75) is 20.2 Å². The lowest BCUT2D eigenvalue weighted by atomic mass is 10.1. The van der Waals surface area contributed by atoms with Crippen molar-refractivity contribution in [3.63, 3.8) is 0 Å². The van der Waals surface area contributed by atoms with E-state index in [4.69, 9.17) is 15.2 Å². The molecule has 14 heteroatoms. The highest BCUT2D eigenvalue weighted by molar-refractivity contribution is 8.15. The van der Waals surface area contributed by atoms with Gasteiger partial charge in [-0.2, -0.15) is 5.10 Å². The molecule has 1 aliphatic rings. The van der Waals surface area contributed by atoms with Crippen molar-refractivity contribution in [1.29, 1.82) is 0 Å². The number of amidine groups is 2. The zero-order chi connectivity index (χ0) is 30.8. The molecule has 1 fully saturated rings. The molecule has 4 rings (SSSR count). The Morgan fingerprint density at radius 3 is 2.26 bits per heavy atom. The lowest BCUT2D eigenvalue weighted by molar-refractivity contribution is -0.274. The van der Waals surface area contributed by atoms with Crippen molar-refractivity contribution in [3.05, 3.63) is 77.9 Å². The first-order chi connectivity index (χ1) is 20.7. The number of halogens is 3. The molecule has 1 amide bonds. The van der Waals surface area contributed by atoms with Crippen LogP contribution in [0, 0.1) is 0 Å². The van der Waals surface area contributed by atoms with E-state index in [0.29, 0.717) is 46.8 Å². The highest BCUT2D eigenvalue weighted by atomic mass is 32.2. The second kappa shape index (κ2) is 14.4. The van der Waals surface area contributed by atoms with Crippen LogP contribution in [-0.4, -0.2) is 54.8 Å². The maximum atomic E-state index is 12.8. The molecule has 0 unspecified atom stereocenters. The number of nitrogens with two attached hydrogens (primary N) is 1. The first-order valence-corrected chi connectivity index (χ1v) is 13.9. The second-order valence-electron chi connectivity index (χ2n) is 8.54. The zero-order valence-corrected chi connectivity index (χ0v) is 23.9. The second-order valence-corrected chi connectivity index (χ2v) is 9.48. The van der Waals surface area contributed by atoms with Crippen molar-refractivity contribution in [2.75, 3.05) is 23.9 Å². The fourth-order valence-electron chi connectivity index (χ4n) is 3.77. The van der Waals surface area contributed by atoms with Crippen LogP contribution in [0.15, 0.2) is 86.9 Å². The van der Waals surface area contributed by atoms with Crippen molar-refractivity contribution in [1.82, 2.24) is 0 Å². The summed E-state index contributed by atoms with van der Waals surface area (Å²) in [6.07, 6.45) is -2.02. The van der Waals surface area contributed by atoms with Gasteiger partial charge < -0.3 is 19.9 Å². The first kappa shape index (κ1) is 31.1. The molecule has 0 spiro atoms. The summed E-state index contributed by atoms with van der Waals surface area (Å²) < 4.78 is 52.2. The summed E-state index contributed by atoms with van der Waals surface area (Å²) in [5.74, 6) is 0.888. The van der Waals surface area contributed by atoms with Gasteiger partial charge in [-0.3, -0.25) is 4.79 Å². The summed E-state index contributed by atoms with van der Waals surface area (Å²) in [5, 5.41) is 8.87. The van der Waals surface area contributed by atoms with Gasteiger partial charge in [-0.1, -0.05) is 42.1 Å². The molecule has 0 radical (unpaired) electrons. The number of anilines is 1. The van der Waals surface area contributed by atoms with E-state index >= 15 is 0 Å². The molecule has 43 heavy (non-hydrogen) atoms. The van der Waals surface area contributed by atoms with Crippen LogP contribution in [0.25, 0.3) is 0 Å². The minimum atomic E-state index is -4.76. The van der Waals surface area contributed by atoms with Gasteiger partial charge in [0.2, 0.25) is 5.91 Å². The van der Waals surface area contributed by atoms with E-state index in [1.165, 1.54) is 41.3 Å². The van der Waals surface area contributed by atoms with E-state index in [1.54, 1.807) is 42.5 Å². The number of ether oxygens (including phenoxy) is 3. The highest BCUT2D eigenvalue weighted by Crippen LogP contribution is 2.41. The number of hydrogen-bond donors (Lipinski definition) is 1. The van der Waals surface area contributed by atoms with Crippen LogP contribution in [0.5, 0.6) is 17.2 Å². The van der Waals surface area contributed by atoms with Crippen LogP contribution in [0.4, 0.5) is 24.5 Å². The van der Waals surface area contributed by atoms with E-state index in [-0.39, 0.29) is 23.2 Å². The molecular weight excluding hydrogens is 585 g/mol. The fourth-order valence-corrected chi connectivity index (χ4v) is 4.58. The number of thioether (sulfide) groups is 1. The molecule has 2 N–H and O–H groups in total. The lowest BCUT2D eigenvalue weighted by Gasteiger charge is -2.22. The van der Waals surface area contributed by atoms with Crippen molar-refractivity contribution in [3.8, 4) is 17.2 Å². The van der Waals surface area contributed by atoms with Crippen molar-refractivity contribution < 1.29 is 32.2 Å². The summed E-state index contributed by atoms with van der Waals surface area (Å²) >= 11 is 1.26. The molecule has 224 valence electrons. The summed E-state index contributed by atoms with van der Waals surface area (Å²) in [5.41, 5.74) is 8.23. The largest absolute Gasteiger partial charge is 0.573 e. The fraction of sp³-hybridized carbons (Fsp3) is 0.207. The predicted molar refractivity (Wildman–Crippen MR) is 162 cm³/mol. The Hall–Kier alpha value is -4.85. The number of carbonyl (C=O) groups is 1. The number of carbonyl (C=O) groups excluding carboxylic acids is 1. The topological polar surface area (TPSA) is 123 Å². The third-order valence-corrected chi connectivity index (χ3v) is 6.49. The van der Waals surface area contributed by atoms with E-state index in [2.05, 4.69) is 24.9 Å². The SMILES string of the molecule is CCOc1cccc(OCC)c1N1C(=O)CS/C1=N\N=C\c1ccc(C(N)=NC=Nc2ccc(OC(F)(F)F)cc2)cc1. The molecule has 3 aromatic carbocycles. The molecule has 0 aliphatic carbocycles. The van der Waals surface area contributed by atoms with Crippen molar-refractivity contribution >= 4 is 52.6 Å². The summed E-state index contributed by atoms with van der Waals surface area (Å²) in [4.78, 5) is 22.4. The van der Waals surface area contributed by atoms with Gasteiger partial charge in [0.05, 0.1) is 30.9 Å². The number of alkyl halides is 3. The van der Waals surface area contributed by atoms with Crippen LogP contribution in [-0.2, 0) is 4.79 Å². The maximum Gasteiger partial charge on any atom is 0.573 e. The number of rotatable bonds is 11. The molecule has 10 nitrogen and oxygen atoms in total. The van der Waals surface area contributed by atoms with Crippen LogP contribution < -0.4 is 24.8 Å². The Morgan fingerprint density at radius 1 is 1.00 bits per heavy atom. The van der Waals surface area contributed by atoms with Crippen LogP contribution in [0.3, 0.4) is 0 Å². The zero-order valence-electron chi connectivity index (χ0n) is 23.1. The van der Waals surface area contributed by atoms with Gasteiger partial charge in [-0.05, 0) is 55.8 Å². The first-order valence-electron chi connectivity index (χ1n) is 13.0. The molecule has 0 atom stereocenters. The quantitative estimate of drug-likeness (QED) is 0.163. The van der Waals surface area contributed by atoms with Crippen LogP contribution >= 0.6 is 11.8 Å². The highest BCUT2D eigenvalue weighted by Gasteiger charge is 2.34. The average molecular weight is 613 g/mol. The summed E-state index contributed by atoms with van der Waals surface area (Å²) in [6, 6.07) is 17.4. The number of hydrogen-bond acceptors (Lipinski definition) is 8. The normalized spacial score (nSPS) is 15.2. The predicted octanol–water partition coefficient (Wildman–Crippen LogP) is 5.92. The number of nitrogens with zero attached hydrogens (tertiary/aromatic N) is 5. The van der Waals surface area contributed by atoms with Gasteiger partial charge in [0.25, 0.3) is 0 Å². The molecule has 0 saturated carbocycles. The monoisotopic (exact) mass is 612 g/mol. The van der Waals surface area contributed by atoms with E-state index in [0.717, 1.165) is 17.7 Å². The van der Waals surface area contributed by atoms with Gasteiger partial charge in [0.15, 0.2) is 5.17 Å². The Kier molecular flexibility index (Phi) is 10.4. The molecular formula is C29H27F3N6O4S. The maximum absolute atomic E-state index is 12.8. The van der Waals surface area contributed by atoms with Crippen molar-refractivity contribution in [2.24, 2.45) is 25.9 Å². The number of para-hydroxylation sites is 1. The Bertz CT molecular complexity index is 1520. The minimum absolute atomic E-state index is 0.165. The molecule has 1 aliphatic heterocycles. The molecule has 0 bridgehead atoms. The van der Waals surface area contributed by atoms with Gasteiger partial charge in [0.1, 0.15) is 35.1 Å². The van der Waals surface area contributed by atoms with Crippen LogP contribution in [0.1, 0.15) is 25.0 Å². The van der Waals surface area contributed by atoms with Gasteiger partial charge in [0, 0.05) is 5.56 Å². The Labute approximate surface area is 249 Å². The Balaban J connectivity index is 1.43. The Morgan fingerprint density at radius 2 is 1.65 bits per heavy atom. The molecule has 3 aromatic rings. The molecule has 1 saturated heterocycles. The summed E-state index contributed by atoms with van der Waals surface area (Å²) in [7, 11) is 0.